The number of aryl methyl sites for hydroxylation is 1. The van der Waals surface area contributed by atoms with E-state index >= 15 is 0 Å². The summed E-state index contributed by atoms with van der Waals surface area (Å²) in [7, 11) is -1.46. The molecule has 3 rings (SSSR count). The van der Waals surface area contributed by atoms with Crippen molar-refractivity contribution in [2.45, 2.75) is 19.5 Å². The zero-order chi connectivity index (χ0) is 17.6. The molecule has 2 aromatic rings. The molecule has 0 bridgehead atoms. The third-order valence-corrected chi connectivity index (χ3v) is 6.25. The Labute approximate surface area is 149 Å². The first-order valence-corrected chi connectivity index (χ1v) is 10.3. The molecule has 24 heavy (non-hydrogen) atoms. The number of pyridine rings is 1. The molecule has 0 aliphatic carbocycles. The van der Waals surface area contributed by atoms with Crippen LogP contribution >= 0.6 is 15.9 Å². The van der Waals surface area contributed by atoms with Gasteiger partial charge in [0.05, 0.1) is 22.7 Å². The standard InChI is InChI=1S/C15H20BrN3O4S/c1-10-7-19(24(3,21)22)5-4-18(10)8-11-6-12-14(23-11)13(16)9-17(2)15(12)20/h6,9-10H,4-5,7-8H2,1-3H3. The van der Waals surface area contributed by atoms with Gasteiger partial charge in [-0.1, -0.05) is 0 Å². The smallest absolute Gasteiger partial charge is 0.261 e. The van der Waals surface area contributed by atoms with Gasteiger partial charge in [-0.3, -0.25) is 9.69 Å². The number of furan rings is 1. The molecule has 1 saturated heterocycles. The van der Waals surface area contributed by atoms with Crippen LogP contribution in [0.25, 0.3) is 11.0 Å². The Hall–Kier alpha value is -1.16. The first-order valence-electron chi connectivity index (χ1n) is 7.63. The van der Waals surface area contributed by atoms with Gasteiger partial charge in [0, 0.05) is 38.9 Å². The highest BCUT2D eigenvalue weighted by Crippen LogP contribution is 2.26. The van der Waals surface area contributed by atoms with Gasteiger partial charge >= 0.3 is 0 Å². The van der Waals surface area contributed by atoms with Crippen LogP contribution in [0.2, 0.25) is 0 Å². The number of halogens is 1. The largest absolute Gasteiger partial charge is 0.458 e. The number of aromatic nitrogens is 1. The quantitative estimate of drug-likeness (QED) is 0.753. The summed E-state index contributed by atoms with van der Waals surface area (Å²) in [6.45, 7) is 4.10. The summed E-state index contributed by atoms with van der Waals surface area (Å²) in [6, 6.07) is 1.85. The molecule has 1 atom stereocenters. The zero-order valence-electron chi connectivity index (χ0n) is 13.8. The molecule has 0 aromatic carbocycles. The van der Waals surface area contributed by atoms with Crippen molar-refractivity contribution in [3.05, 3.63) is 32.8 Å². The van der Waals surface area contributed by atoms with E-state index in [4.69, 9.17) is 4.42 Å². The first-order chi connectivity index (χ1) is 11.2. The molecule has 0 radical (unpaired) electrons. The van der Waals surface area contributed by atoms with Crippen molar-refractivity contribution in [1.82, 2.24) is 13.8 Å². The number of nitrogens with zero attached hydrogens (tertiary/aromatic N) is 3. The van der Waals surface area contributed by atoms with Gasteiger partial charge in [0.2, 0.25) is 10.0 Å². The van der Waals surface area contributed by atoms with E-state index in [2.05, 4.69) is 20.8 Å². The van der Waals surface area contributed by atoms with Gasteiger partial charge in [0.25, 0.3) is 5.56 Å². The Morgan fingerprint density at radius 2 is 2.08 bits per heavy atom. The van der Waals surface area contributed by atoms with Crippen LogP contribution in [0, 0.1) is 0 Å². The normalized spacial score (nSPS) is 20.8. The van der Waals surface area contributed by atoms with Crippen LogP contribution in [-0.2, 0) is 23.6 Å². The monoisotopic (exact) mass is 417 g/mol. The van der Waals surface area contributed by atoms with Gasteiger partial charge in [0.15, 0.2) is 5.58 Å². The molecule has 132 valence electrons. The second-order valence-corrected chi connectivity index (χ2v) is 9.13. The van der Waals surface area contributed by atoms with Crippen molar-refractivity contribution >= 4 is 36.9 Å². The molecule has 1 aliphatic heterocycles. The van der Waals surface area contributed by atoms with Crippen LogP contribution in [0.3, 0.4) is 0 Å². The van der Waals surface area contributed by atoms with Gasteiger partial charge in [-0.2, -0.15) is 4.31 Å². The Morgan fingerprint density at radius 3 is 2.71 bits per heavy atom. The van der Waals surface area contributed by atoms with Crippen molar-refractivity contribution in [2.75, 3.05) is 25.9 Å². The van der Waals surface area contributed by atoms with E-state index in [0.29, 0.717) is 42.9 Å². The maximum atomic E-state index is 12.2. The summed E-state index contributed by atoms with van der Waals surface area (Å²) in [5, 5.41) is 0.546. The SMILES string of the molecule is CC1CN(S(C)(=O)=O)CCN1Cc1cc2c(=O)n(C)cc(Br)c2o1. The van der Waals surface area contributed by atoms with Gasteiger partial charge in [-0.15, -0.1) is 0 Å². The van der Waals surface area contributed by atoms with Crippen LogP contribution < -0.4 is 5.56 Å². The maximum absolute atomic E-state index is 12.2. The topological polar surface area (TPSA) is 75.8 Å². The predicted molar refractivity (Wildman–Crippen MR) is 95.4 cm³/mol. The average molecular weight is 418 g/mol. The number of sulfonamides is 1. The van der Waals surface area contributed by atoms with Crippen molar-refractivity contribution < 1.29 is 12.8 Å². The number of rotatable bonds is 3. The third kappa shape index (κ3) is 3.30. The molecular formula is C15H20BrN3O4S. The van der Waals surface area contributed by atoms with Gasteiger partial charge in [-0.25, -0.2) is 8.42 Å². The minimum atomic E-state index is -3.16. The van der Waals surface area contributed by atoms with E-state index in [1.807, 2.05) is 6.92 Å². The highest BCUT2D eigenvalue weighted by molar-refractivity contribution is 9.10. The Morgan fingerprint density at radius 1 is 1.38 bits per heavy atom. The molecule has 3 heterocycles. The van der Waals surface area contributed by atoms with E-state index in [1.54, 1.807) is 19.3 Å². The fraction of sp³-hybridized carbons (Fsp3) is 0.533. The van der Waals surface area contributed by atoms with Gasteiger partial charge in [0.1, 0.15) is 5.76 Å². The van der Waals surface area contributed by atoms with Crippen LogP contribution in [0.4, 0.5) is 0 Å². The van der Waals surface area contributed by atoms with Crippen LogP contribution in [0.5, 0.6) is 0 Å². The predicted octanol–water partition coefficient (Wildman–Crippen LogP) is 1.36. The lowest BCUT2D eigenvalue weighted by molar-refractivity contribution is 0.115. The number of hydrogen-bond acceptors (Lipinski definition) is 5. The minimum Gasteiger partial charge on any atom is -0.458 e. The minimum absolute atomic E-state index is 0.0768. The van der Waals surface area contributed by atoms with Gasteiger partial charge in [-0.05, 0) is 28.9 Å². The zero-order valence-corrected chi connectivity index (χ0v) is 16.2. The van der Waals surface area contributed by atoms with E-state index in [9.17, 15) is 13.2 Å². The highest BCUT2D eigenvalue weighted by atomic mass is 79.9. The lowest BCUT2D eigenvalue weighted by Gasteiger charge is -2.38. The molecule has 7 nitrogen and oxygen atoms in total. The summed E-state index contributed by atoms with van der Waals surface area (Å²) in [4.78, 5) is 14.4. The number of hydrogen-bond donors (Lipinski definition) is 0. The lowest BCUT2D eigenvalue weighted by atomic mass is 10.2. The van der Waals surface area contributed by atoms with E-state index in [1.165, 1.54) is 15.1 Å². The Bertz CT molecular complexity index is 934. The van der Waals surface area contributed by atoms with Crippen molar-refractivity contribution in [1.29, 1.82) is 0 Å². The number of fused-ring (bicyclic) bond motifs is 1. The van der Waals surface area contributed by atoms with Crippen molar-refractivity contribution in [2.24, 2.45) is 7.05 Å². The van der Waals surface area contributed by atoms with E-state index < -0.39 is 10.0 Å². The molecule has 9 heteroatoms. The highest BCUT2D eigenvalue weighted by Gasteiger charge is 2.29. The molecule has 1 unspecified atom stereocenters. The summed E-state index contributed by atoms with van der Waals surface area (Å²) in [6.07, 6.45) is 2.92. The Balaban J connectivity index is 1.82. The van der Waals surface area contributed by atoms with Crippen molar-refractivity contribution in [3.8, 4) is 0 Å². The molecule has 0 saturated carbocycles. The maximum Gasteiger partial charge on any atom is 0.261 e. The summed E-state index contributed by atoms with van der Waals surface area (Å²) < 4.78 is 32.9. The average Bonchev–Trinajstić information content (AvgIpc) is 2.90. The lowest BCUT2D eigenvalue weighted by Crippen LogP contribution is -2.52. The Kier molecular flexibility index (Phi) is 4.63. The van der Waals surface area contributed by atoms with Crippen LogP contribution in [0.1, 0.15) is 12.7 Å². The summed E-state index contributed by atoms with van der Waals surface area (Å²) in [5.74, 6) is 0.702. The summed E-state index contributed by atoms with van der Waals surface area (Å²) >= 11 is 3.42. The molecule has 1 fully saturated rings. The van der Waals surface area contributed by atoms with Crippen LogP contribution in [-0.4, -0.2) is 54.1 Å². The molecular weight excluding hydrogens is 398 g/mol. The summed E-state index contributed by atoms with van der Waals surface area (Å²) in [5.41, 5.74) is 0.452. The molecule has 0 N–H and O–H groups in total. The van der Waals surface area contributed by atoms with Crippen LogP contribution in [0.15, 0.2) is 25.9 Å². The molecule has 0 amide bonds. The second-order valence-electron chi connectivity index (χ2n) is 6.29. The van der Waals surface area contributed by atoms with Crippen molar-refractivity contribution in [3.63, 3.8) is 0 Å². The molecule has 2 aromatic heterocycles. The first kappa shape index (κ1) is 17.7. The molecule has 0 spiro atoms. The van der Waals surface area contributed by atoms with Gasteiger partial charge < -0.3 is 8.98 Å². The second kappa shape index (κ2) is 6.29. The fourth-order valence-corrected chi connectivity index (χ4v) is 4.53. The van der Waals surface area contributed by atoms with E-state index in [-0.39, 0.29) is 11.6 Å². The number of piperazine rings is 1. The van der Waals surface area contributed by atoms with E-state index in [0.717, 1.165) is 4.47 Å². The molecule has 1 aliphatic rings. The third-order valence-electron chi connectivity index (χ3n) is 4.41. The fourth-order valence-electron chi connectivity index (χ4n) is 3.03.